The highest BCUT2D eigenvalue weighted by Gasteiger charge is 2.40. The number of alkyl carbamates (subject to hydrolysis) is 1. The molecule has 0 aromatic carbocycles. The van der Waals surface area contributed by atoms with E-state index in [4.69, 9.17) is 4.74 Å². The predicted molar refractivity (Wildman–Crippen MR) is 76.2 cm³/mol. The molecule has 0 saturated heterocycles. The van der Waals surface area contributed by atoms with Crippen molar-refractivity contribution < 1.29 is 9.53 Å². The van der Waals surface area contributed by atoms with E-state index >= 15 is 0 Å². The Labute approximate surface area is 116 Å². The number of carbonyl (C=O) groups excluding carboxylic acids is 1. The average Bonchev–Trinajstić information content (AvgIpc) is 3.01. The normalized spacial score (nSPS) is 28.6. The van der Waals surface area contributed by atoms with Gasteiger partial charge in [0.2, 0.25) is 0 Å². The highest BCUT2D eigenvalue weighted by molar-refractivity contribution is 5.68. The summed E-state index contributed by atoms with van der Waals surface area (Å²) in [5.41, 5.74) is -0.414. The van der Waals surface area contributed by atoms with E-state index in [1.807, 2.05) is 20.8 Å². The molecule has 2 atom stereocenters. The van der Waals surface area contributed by atoms with Gasteiger partial charge in [-0.05, 0) is 40.0 Å². The Kier molecular flexibility index (Phi) is 4.71. The van der Waals surface area contributed by atoms with Gasteiger partial charge in [-0.25, -0.2) is 4.79 Å². The lowest BCUT2D eigenvalue weighted by molar-refractivity contribution is 0.0521. The molecule has 110 valence electrons. The fourth-order valence-electron chi connectivity index (χ4n) is 2.75. The standard InChI is InChI=1S/C15H28N2O2/c1-15(2,3)19-14(18)17-13-10-12(13)16-11-8-6-4-5-7-9-11/h11-13,16H,4-10H2,1-3H3,(H,17,18). The van der Waals surface area contributed by atoms with E-state index in [0.717, 1.165) is 6.42 Å². The van der Waals surface area contributed by atoms with Crippen LogP contribution in [0.2, 0.25) is 0 Å². The Hall–Kier alpha value is -0.770. The van der Waals surface area contributed by atoms with Crippen LogP contribution < -0.4 is 10.6 Å². The minimum absolute atomic E-state index is 0.262. The van der Waals surface area contributed by atoms with Gasteiger partial charge in [-0.1, -0.05) is 25.7 Å². The van der Waals surface area contributed by atoms with Crippen LogP contribution in [0.4, 0.5) is 4.79 Å². The van der Waals surface area contributed by atoms with E-state index in [1.54, 1.807) is 0 Å². The summed E-state index contributed by atoms with van der Waals surface area (Å²) in [6.07, 6.45) is 8.76. The van der Waals surface area contributed by atoms with Gasteiger partial charge in [0, 0.05) is 18.1 Å². The van der Waals surface area contributed by atoms with Crippen molar-refractivity contribution in [2.75, 3.05) is 0 Å². The van der Waals surface area contributed by atoms with Crippen LogP contribution in [-0.4, -0.2) is 29.8 Å². The molecule has 2 fully saturated rings. The highest BCUT2D eigenvalue weighted by Crippen LogP contribution is 2.26. The average molecular weight is 268 g/mol. The number of rotatable bonds is 3. The fourth-order valence-corrected chi connectivity index (χ4v) is 2.75. The molecule has 4 nitrogen and oxygen atoms in total. The van der Waals surface area contributed by atoms with Gasteiger partial charge in [-0.15, -0.1) is 0 Å². The van der Waals surface area contributed by atoms with E-state index in [-0.39, 0.29) is 12.1 Å². The molecular weight excluding hydrogens is 240 g/mol. The van der Waals surface area contributed by atoms with Crippen LogP contribution in [0.1, 0.15) is 65.7 Å². The first-order chi connectivity index (χ1) is 8.94. The molecule has 0 spiro atoms. The van der Waals surface area contributed by atoms with Gasteiger partial charge in [0.05, 0.1) is 0 Å². The van der Waals surface area contributed by atoms with Crippen LogP contribution in [-0.2, 0) is 4.74 Å². The minimum Gasteiger partial charge on any atom is -0.444 e. The maximum atomic E-state index is 11.6. The van der Waals surface area contributed by atoms with Crippen LogP contribution in [0, 0.1) is 0 Å². The second-order valence-corrected chi connectivity index (χ2v) is 6.95. The molecule has 2 aliphatic rings. The molecule has 2 saturated carbocycles. The lowest BCUT2D eigenvalue weighted by atomic mass is 10.1. The molecule has 2 aliphatic carbocycles. The lowest BCUT2D eigenvalue weighted by Crippen LogP contribution is -2.39. The van der Waals surface area contributed by atoms with E-state index in [9.17, 15) is 4.79 Å². The number of ether oxygens (including phenoxy) is 1. The van der Waals surface area contributed by atoms with Crippen molar-refractivity contribution in [1.29, 1.82) is 0 Å². The van der Waals surface area contributed by atoms with Crippen molar-refractivity contribution >= 4 is 6.09 Å². The molecule has 19 heavy (non-hydrogen) atoms. The third-order valence-electron chi connectivity index (χ3n) is 3.80. The van der Waals surface area contributed by atoms with Gasteiger partial charge in [-0.3, -0.25) is 0 Å². The lowest BCUT2D eigenvalue weighted by Gasteiger charge is -2.20. The summed E-state index contributed by atoms with van der Waals surface area (Å²) >= 11 is 0. The van der Waals surface area contributed by atoms with Crippen LogP contribution >= 0.6 is 0 Å². The zero-order valence-corrected chi connectivity index (χ0v) is 12.5. The van der Waals surface area contributed by atoms with Crippen LogP contribution in [0.5, 0.6) is 0 Å². The topological polar surface area (TPSA) is 50.4 Å². The van der Waals surface area contributed by atoms with Gasteiger partial charge in [0.25, 0.3) is 0 Å². The number of hydrogen-bond donors (Lipinski definition) is 2. The first-order valence-electron chi connectivity index (χ1n) is 7.69. The molecule has 0 radical (unpaired) electrons. The smallest absolute Gasteiger partial charge is 0.407 e. The van der Waals surface area contributed by atoms with E-state index in [2.05, 4.69) is 10.6 Å². The zero-order valence-electron chi connectivity index (χ0n) is 12.5. The molecular formula is C15H28N2O2. The van der Waals surface area contributed by atoms with Crippen LogP contribution in [0.3, 0.4) is 0 Å². The minimum atomic E-state index is -0.414. The molecule has 0 aromatic rings. The largest absolute Gasteiger partial charge is 0.444 e. The number of nitrogens with one attached hydrogen (secondary N) is 2. The molecule has 2 rings (SSSR count). The van der Waals surface area contributed by atoms with Crippen molar-refractivity contribution in [3.8, 4) is 0 Å². The van der Waals surface area contributed by atoms with Crippen molar-refractivity contribution in [2.24, 2.45) is 0 Å². The van der Waals surface area contributed by atoms with Crippen molar-refractivity contribution in [3.05, 3.63) is 0 Å². The summed E-state index contributed by atoms with van der Waals surface area (Å²) < 4.78 is 5.27. The molecule has 0 heterocycles. The van der Waals surface area contributed by atoms with E-state index in [0.29, 0.717) is 12.1 Å². The second-order valence-electron chi connectivity index (χ2n) is 6.95. The van der Waals surface area contributed by atoms with Gasteiger partial charge in [0.15, 0.2) is 0 Å². The van der Waals surface area contributed by atoms with Crippen LogP contribution in [0.15, 0.2) is 0 Å². The Morgan fingerprint density at radius 2 is 1.68 bits per heavy atom. The summed E-state index contributed by atoms with van der Waals surface area (Å²) in [6, 6.07) is 1.37. The molecule has 2 unspecified atom stereocenters. The summed E-state index contributed by atoms with van der Waals surface area (Å²) in [5, 5.41) is 6.62. The summed E-state index contributed by atoms with van der Waals surface area (Å²) in [6.45, 7) is 5.67. The van der Waals surface area contributed by atoms with Crippen molar-refractivity contribution in [2.45, 2.75) is 89.4 Å². The molecule has 1 amide bonds. The Morgan fingerprint density at radius 3 is 2.26 bits per heavy atom. The monoisotopic (exact) mass is 268 g/mol. The predicted octanol–water partition coefficient (Wildman–Crippen LogP) is 2.96. The fraction of sp³-hybridized carbons (Fsp3) is 0.933. The van der Waals surface area contributed by atoms with Crippen LogP contribution in [0.25, 0.3) is 0 Å². The summed E-state index contributed by atoms with van der Waals surface area (Å²) in [5.74, 6) is 0. The summed E-state index contributed by atoms with van der Waals surface area (Å²) in [4.78, 5) is 11.6. The van der Waals surface area contributed by atoms with Gasteiger partial charge in [0.1, 0.15) is 5.60 Å². The van der Waals surface area contributed by atoms with Crippen molar-refractivity contribution in [1.82, 2.24) is 10.6 Å². The molecule has 0 aliphatic heterocycles. The number of carbonyl (C=O) groups is 1. The molecule has 0 aromatic heterocycles. The maximum absolute atomic E-state index is 11.6. The SMILES string of the molecule is CC(C)(C)OC(=O)NC1CC1NC1CCCCCC1. The summed E-state index contributed by atoms with van der Waals surface area (Å²) in [7, 11) is 0. The Morgan fingerprint density at radius 1 is 1.05 bits per heavy atom. The third-order valence-corrected chi connectivity index (χ3v) is 3.80. The maximum Gasteiger partial charge on any atom is 0.407 e. The number of hydrogen-bond acceptors (Lipinski definition) is 3. The first kappa shape index (κ1) is 14.6. The van der Waals surface area contributed by atoms with Gasteiger partial charge < -0.3 is 15.4 Å². The highest BCUT2D eigenvalue weighted by atomic mass is 16.6. The Bertz CT molecular complexity index is 304. The first-order valence-corrected chi connectivity index (χ1v) is 7.69. The molecule has 2 N–H and O–H groups in total. The molecule has 4 heteroatoms. The number of amides is 1. The third kappa shape index (κ3) is 5.39. The van der Waals surface area contributed by atoms with Gasteiger partial charge in [-0.2, -0.15) is 0 Å². The second kappa shape index (κ2) is 6.12. The quantitative estimate of drug-likeness (QED) is 0.774. The van der Waals surface area contributed by atoms with E-state index in [1.165, 1.54) is 38.5 Å². The Balaban J connectivity index is 1.65. The zero-order chi connectivity index (χ0) is 13.9. The van der Waals surface area contributed by atoms with Gasteiger partial charge >= 0.3 is 6.09 Å². The van der Waals surface area contributed by atoms with E-state index < -0.39 is 5.60 Å². The molecule has 0 bridgehead atoms. The van der Waals surface area contributed by atoms with Crippen molar-refractivity contribution in [3.63, 3.8) is 0 Å².